The van der Waals surface area contributed by atoms with Crippen LogP contribution in [0.5, 0.6) is 0 Å². The Morgan fingerprint density at radius 3 is 2.59 bits per heavy atom. The summed E-state index contributed by atoms with van der Waals surface area (Å²) in [5, 5.41) is 15.1. The van der Waals surface area contributed by atoms with Crippen LogP contribution in [0.3, 0.4) is 0 Å². The van der Waals surface area contributed by atoms with Gasteiger partial charge in [0.15, 0.2) is 0 Å². The van der Waals surface area contributed by atoms with Gasteiger partial charge in [-0.05, 0) is 79.9 Å². The molecule has 5 aliphatic rings. The van der Waals surface area contributed by atoms with Gasteiger partial charge >= 0.3 is 0 Å². The molecule has 4 saturated carbocycles. The lowest BCUT2D eigenvalue weighted by Crippen LogP contribution is -2.63. The third-order valence-corrected chi connectivity index (χ3v) is 9.27. The highest BCUT2D eigenvalue weighted by Gasteiger charge is 2.57. The molecule has 1 amide bonds. The van der Waals surface area contributed by atoms with E-state index in [-0.39, 0.29) is 23.6 Å². The first-order valence-electron chi connectivity index (χ1n) is 12.8. The maximum atomic E-state index is 13.0. The highest BCUT2D eigenvalue weighted by Crippen LogP contribution is 2.60. The van der Waals surface area contributed by atoms with Gasteiger partial charge in [-0.1, -0.05) is 42.5 Å². The Morgan fingerprint density at radius 2 is 1.79 bits per heavy atom. The fourth-order valence-electron chi connectivity index (χ4n) is 8.31. The van der Waals surface area contributed by atoms with Crippen LogP contribution in [-0.4, -0.2) is 32.2 Å². The van der Waals surface area contributed by atoms with Crippen LogP contribution >= 0.6 is 0 Å². The van der Waals surface area contributed by atoms with Gasteiger partial charge in [0.2, 0.25) is 0 Å². The second-order valence-corrected chi connectivity index (χ2v) is 11.2. The van der Waals surface area contributed by atoms with E-state index < -0.39 is 0 Å². The van der Waals surface area contributed by atoms with E-state index in [0.29, 0.717) is 23.7 Å². The number of benzene rings is 2. The number of aromatic nitrogens is 2. The number of amides is 1. The molecule has 1 aromatic heterocycles. The van der Waals surface area contributed by atoms with E-state index in [2.05, 4.69) is 39.1 Å². The Labute approximate surface area is 200 Å². The quantitative estimate of drug-likeness (QED) is 0.582. The van der Waals surface area contributed by atoms with E-state index in [1.165, 1.54) is 24.0 Å². The monoisotopic (exact) mass is 453 g/mol. The summed E-state index contributed by atoms with van der Waals surface area (Å²) in [6.45, 7) is 0. The van der Waals surface area contributed by atoms with Crippen LogP contribution in [0.2, 0.25) is 0 Å². The molecule has 174 valence electrons. The predicted octanol–water partition coefficient (Wildman–Crippen LogP) is 4.83. The molecule has 4 fully saturated rings. The molecule has 2 aromatic carbocycles. The van der Waals surface area contributed by atoms with Gasteiger partial charge in [0.05, 0.1) is 30.4 Å². The van der Waals surface area contributed by atoms with Crippen molar-refractivity contribution in [3.63, 3.8) is 0 Å². The largest absolute Gasteiger partial charge is 0.393 e. The number of carbonyl (C=O) groups is 1. The van der Waals surface area contributed by atoms with Crippen LogP contribution in [0.15, 0.2) is 67.1 Å². The predicted molar refractivity (Wildman–Crippen MR) is 130 cm³/mol. The normalized spacial score (nSPS) is 33.4. The number of hydrogen-bond donors (Lipinski definition) is 2. The summed E-state index contributed by atoms with van der Waals surface area (Å²) in [5.74, 6) is 2.00. The van der Waals surface area contributed by atoms with Gasteiger partial charge in [0, 0.05) is 16.7 Å². The van der Waals surface area contributed by atoms with Crippen LogP contribution in [0.25, 0.3) is 11.3 Å². The van der Waals surface area contributed by atoms with E-state index in [0.717, 1.165) is 36.9 Å². The summed E-state index contributed by atoms with van der Waals surface area (Å²) >= 11 is 0. The summed E-state index contributed by atoms with van der Waals surface area (Å²) in [4.78, 5) is 17.4. The average molecular weight is 454 g/mol. The second kappa shape index (κ2) is 7.54. The molecule has 8 rings (SSSR count). The fraction of sp³-hybridized carbons (Fsp3) is 0.448. The number of nitrogens with one attached hydrogen (secondary N) is 1. The fourth-order valence-corrected chi connectivity index (χ4v) is 8.31. The summed E-state index contributed by atoms with van der Waals surface area (Å²) in [7, 11) is 0. The number of fused-ring (bicyclic) bond motifs is 3. The Hall–Kier alpha value is -2.92. The zero-order valence-electron chi connectivity index (χ0n) is 19.3. The van der Waals surface area contributed by atoms with Gasteiger partial charge in [-0.3, -0.25) is 4.79 Å². The van der Waals surface area contributed by atoms with Gasteiger partial charge in [-0.2, -0.15) is 0 Å². The summed E-state index contributed by atoms with van der Waals surface area (Å²) in [6.07, 6.45) is 9.71. The first-order chi connectivity index (χ1) is 16.6. The van der Waals surface area contributed by atoms with Gasteiger partial charge in [-0.25, -0.2) is 4.98 Å². The molecule has 4 bridgehead atoms. The first kappa shape index (κ1) is 20.5. The maximum Gasteiger partial charge on any atom is 0.251 e. The van der Waals surface area contributed by atoms with Crippen LogP contribution in [0.4, 0.5) is 0 Å². The zero-order valence-corrected chi connectivity index (χ0v) is 19.3. The van der Waals surface area contributed by atoms with Crippen molar-refractivity contribution in [2.24, 2.45) is 23.7 Å². The number of carbonyl (C=O) groups excluding carboxylic acids is 1. The van der Waals surface area contributed by atoms with Crippen LogP contribution in [0, 0.1) is 23.7 Å². The lowest BCUT2D eigenvalue weighted by Gasteiger charge is -2.61. The second-order valence-electron chi connectivity index (χ2n) is 11.2. The smallest absolute Gasteiger partial charge is 0.251 e. The number of hydrogen-bond acceptors (Lipinski definition) is 3. The lowest BCUT2D eigenvalue weighted by atomic mass is 9.48. The molecule has 4 aliphatic carbocycles. The van der Waals surface area contributed by atoms with Crippen molar-refractivity contribution in [3.8, 4) is 11.3 Å². The molecule has 4 atom stereocenters. The minimum atomic E-state index is -0.344. The molecule has 0 saturated heterocycles. The number of aliphatic hydroxyl groups is 1. The molecular formula is C29H31N3O2. The number of nitrogens with zero attached hydrogens (tertiary/aromatic N) is 2. The highest BCUT2D eigenvalue weighted by atomic mass is 16.3. The molecule has 0 spiro atoms. The first-order valence-corrected chi connectivity index (χ1v) is 12.8. The van der Waals surface area contributed by atoms with E-state index in [4.69, 9.17) is 0 Å². The molecule has 2 heterocycles. The van der Waals surface area contributed by atoms with E-state index in [9.17, 15) is 9.90 Å². The van der Waals surface area contributed by atoms with Crippen molar-refractivity contribution in [2.75, 3.05) is 0 Å². The van der Waals surface area contributed by atoms with Crippen LogP contribution < -0.4 is 5.32 Å². The Bertz CT molecular complexity index is 1220. The summed E-state index contributed by atoms with van der Waals surface area (Å²) in [5.41, 5.74) is 4.34. The van der Waals surface area contributed by atoms with Gasteiger partial charge in [0.1, 0.15) is 0 Å². The standard InChI is InChI=1S/C29H31N3O2/c33-26(12-24-22-8-4-5-9-23(22)25-16-30-17-32(24)25)27-20-10-18-11-21(27)15-29(13-18,14-20)31-28(34)19-6-2-1-3-7-19/h1-9,16-18,20-21,24,26-27,33H,10-15H2,(H,31,34). The van der Waals surface area contributed by atoms with Crippen molar-refractivity contribution in [1.29, 1.82) is 0 Å². The van der Waals surface area contributed by atoms with Crippen molar-refractivity contribution in [1.82, 2.24) is 14.9 Å². The van der Waals surface area contributed by atoms with Gasteiger partial charge in [-0.15, -0.1) is 0 Å². The Balaban J connectivity index is 1.11. The molecule has 4 unspecified atom stereocenters. The minimum absolute atomic E-state index is 0.0508. The average Bonchev–Trinajstić information content (AvgIpc) is 3.41. The third kappa shape index (κ3) is 3.09. The molecule has 5 nitrogen and oxygen atoms in total. The number of aliphatic hydroxyl groups excluding tert-OH is 1. The lowest BCUT2D eigenvalue weighted by molar-refractivity contribution is -0.109. The van der Waals surface area contributed by atoms with Gasteiger partial charge in [0.25, 0.3) is 5.91 Å². The minimum Gasteiger partial charge on any atom is -0.393 e. The molecule has 34 heavy (non-hydrogen) atoms. The third-order valence-electron chi connectivity index (χ3n) is 9.27. The summed E-state index contributed by atoms with van der Waals surface area (Å²) in [6, 6.07) is 18.3. The molecular weight excluding hydrogens is 422 g/mol. The zero-order chi connectivity index (χ0) is 22.9. The van der Waals surface area contributed by atoms with Crippen molar-refractivity contribution in [2.45, 2.75) is 56.2 Å². The van der Waals surface area contributed by atoms with Crippen molar-refractivity contribution < 1.29 is 9.90 Å². The summed E-state index contributed by atoms with van der Waals surface area (Å²) < 4.78 is 2.24. The molecule has 1 aliphatic heterocycles. The Morgan fingerprint density at radius 1 is 1.06 bits per heavy atom. The van der Waals surface area contributed by atoms with E-state index >= 15 is 0 Å². The van der Waals surface area contributed by atoms with E-state index in [1.54, 1.807) is 0 Å². The Kier molecular flexibility index (Phi) is 4.54. The van der Waals surface area contributed by atoms with Gasteiger partial charge < -0.3 is 15.0 Å². The van der Waals surface area contributed by atoms with Crippen molar-refractivity contribution in [3.05, 3.63) is 78.2 Å². The number of imidazole rings is 1. The molecule has 3 aromatic rings. The topological polar surface area (TPSA) is 67.2 Å². The molecule has 0 radical (unpaired) electrons. The highest BCUT2D eigenvalue weighted by molar-refractivity contribution is 5.94. The van der Waals surface area contributed by atoms with Crippen molar-refractivity contribution >= 4 is 5.91 Å². The maximum absolute atomic E-state index is 13.0. The molecule has 5 heteroatoms. The number of rotatable bonds is 5. The van der Waals surface area contributed by atoms with Crippen LogP contribution in [0.1, 0.15) is 60.5 Å². The van der Waals surface area contributed by atoms with E-state index in [1.807, 2.05) is 42.9 Å². The SMILES string of the molecule is O=C(NC12CC3CC(C1)C(C(O)CC1c4ccccc4-c4cncn41)C(C3)C2)c1ccccc1. The molecule has 2 N–H and O–H groups in total. The van der Waals surface area contributed by atoms with Crippen LogP contribution in [-0.2, 0) is 0 Å².